The second-order valence-electron chi connectivity index (χ2n) is 5.59. The van der Waals surface area contributed by atoms with Gasteiger partial charge in [-0.2, -0.15) is 0 Å². The number of primary amides is 2. The number of carbonyl (C=O) groups is 4. The van der Waals surface area contributed by atoms with Crippen LogP contribution >= 0.6 is 0 Å². The van der Waals surface area contributed by atoms with Gasteiger partial charge in [-0.25, -0.2) is 0 Å². The summed E-state index contributed by atoms with van der Waals surface area (Å²) in [5.74, 6) is -2.22. The number of hydrogen-bond donors (Lipinski definition) is 4. The van der Waals surface area contributed by atoms with Crippen LogP contribution in [0.3, 0.4) is 0 Å². The maximum atomic E-state index is 11.9. The Bertz CT molecular complexity index is 716. The minimum Gasteiger partial charge on any atom is -0.366 e. The molecular formula is C18H22N4O4. The quantitative estimate of drug-likeness (QED) is 0.476. The average Bonchev–Trinajstić information content (AvgIpc) is 2.56. The van der Waals surface area contributed by atoms with Gasteiger partial charge in [0.15, 0.2) is 0 Å². The molecule has 0 heterocycles. The minimum absolute atomic E-state index is 0.204. The highest BCUT2D eigenvalue weighted by Crippen LogP contribution is 2.09. The number of nitrogens with two attached hydrogens (primary N) is 2. The van der Waals surface area contributed by atoms with E-state index >= 15 is 0 Å². The Morgan fingerprint density at radius 3 is 1.46 bits per heavy atom. The van der Waals surface area contributed by atoms with Crippen molar-refractivity contribution >= 4 is 23.6 Å². The first kappa shape index (κ1) is 20.6. The van der Waals surface area contributed by atoms with E-state index < -0.39 is 23.6 Å². The topological polar surface area (TPSA) is 144 Å². The molecule has 0 aromatic heterocycles. The van der Waals surface area contributed by atoms with E-state index in [2.05, 4.69) is 10.6 Å². The van der Waals surface area contributed by atoms with Crippen LogP contribution in [-0.4, -0.2) is 23.6 Å². The third kappa shape index (κ3) is 7.00. The molecule has 4 amide bonds. The standard InChI is InChI=1S/C18H22N4O4/c1-11(7-15(19)23)17(25)21-9-13-5-3-4-6-14(13)10-22-18(26)12(2)8-16(20)24/h3-8H,9-10H2,1-2H3,(H2,19,23)(H2,20,24)(H,21,25)(H,22,26). The zero-order valence-electron chi connectivity index (χ0n) is 14.7. The van der Waals surface area contributed by atoms with Gasteiger partial charge in [0.1, 0.15) is 0 Å². The summed E-state index contributed by atoms with van der Waals surface area (Å²) in [4.78, 5) is 45.4. The van der Waals surface area contributed by atoms with Crippen molar-refractivity contribution in [3.63, 3.8) is 0 Å². The molecule has 0 aliphatic rings. The van der Waals surface area contributed by atoms with Crippen molar-refractivity contribution in [3.8, 4) is 0 Å². The highest BCUT2D eigenvalue weighted by atomic mass is 16.2. The zero-order valence-corrected chi connectivity index (χ0v) is 14.7. The third-order valence-electron chi connectivity index (χ3n) is 3.43. The molecule has 0 unspecified atom stereocenters. The van der Waals surface area contributed by atoms with E-state index in [9.17, 15) is 19.2 Å². The molecule has 0 radical (unpaired) electrons. The molecule has 0 bridgehead atoms. The maximum Gasteiger partial charge on any atom is 0.247 e. The summed E-state index contributed by atoms with van der Waals surface area (Å²) in [5, 5.41) is 5.36. The van der Waals surface area contributed by atoms with Crippen LogP contribution in [0.2, 0.25) is 0 Å². The molecule has 138 valence electrons. The second-order valence-corrected chi connectivity index (χ2v) is 5.59. The highest BCUT2D eigenvalue weighted by Gasteiger charge is 2.09. The van der Waals surface area contributed by atoms with E-state index in [1.807, 2.05) is 0 Å². The van der Waals surface area contributed by atoms with Gasteiger partial charge in [-0.1, -0.05) is 24.3 Å². The first-order chi connectivity index (χ1) is 12.2. The van der Waals surface area contributed by atoms with Crippen LogP contribution in [0.4, 0.5) is 0 Å². The van der Waals surface area contributed by atoms with Crippen molar-refractivity contribution in [1.29, 1.82) is 0 Å². The molecule has 1 rings (SSSR count). The van der Waals surface area contributed by atoms with Crippen LogP contribution in [0.5, 0.6) is 0 Å². The molecule has 0 atom stereocenters. The van der Waals surface area contributed by atoms with Crippen molar-refractivity contribution in [2.24, 2.45) is 11.5 Å². The lowest BCUT2D eigenvalue weighted by Crippen LogP contribution is -2.27. The molecule has 0 fully saturated rings. The predicted molar refractivity (Wildman–Crippen MR) is 96.0 cm³/mol. The summed E-state index contributed by atoms with van der Waals surface area (Å²) in [7, 11) is 0. The minimum atomic E-state index is -0.694. The maximum absolute atomic E-state index is 11.9. The van der Waals surface area contributed by atoms with Crippen LogP contribution < -0.4 is 22.1 Å². The monoisotopic (exact) mass is 358 g/mol. The summed E-state index contributed by atoms with van der Waals surface area (Å²) in [6, 6.07) is 7.22. The first-order valence-corrected chi connectivity index (χ1v) is 7.79. The van der Waals surface area contributed by atoms with E-state index in [-0.39, 0.29) is 24.2 Å². The average molecular weight is 358 g/mol. The first-order valence-electron chi connectivity index (χ1n) is 7.79. The van der Waals surface area contributed by atoms with E-state index in [0.29, 0.717) is 0 Å². The fraction of sp³-hybridized carbons (Fsp3) is 0.222. The second kappa shape index (κ2) is 9.77. The van der Waals surface area contributed by atoms with Crippen LogP contribution in [0.15, 0.2) is 47.6 Å². The van der Waals surface area contributed by atoms with Crippen molar-refractivity contribution in [2.45, 2.75) is 26.9 Å². The van der Waals surface area contributed by atoms with Crippen LogP contribution in [0.25, 0.3) is 0 Å². The summed E-state index contributed by atoms with van der Waals surface area (Å²) in [6.45, 7) is 3.40. The molecule has 6 N–H and O–H groups in total. The summed E-state index contributed by atoms with van der Waals surface area (Å²) < 4.78 is 0. The number of rotatable bonds is 8. The largest absolute Gasteiger partial charge is 0.366 e. The van der Waals surface area contributed by atoms with Crippen LogP contribution in [0, 0.1) is 0 Å². The SMILES string of the molecule is CC(=CC(N)=O)C(=O)NCc1ccccc1CNC(=O)C(C)=CC(N)=O. The van der Waals surface area contributed by atoms with Crippen molar-refractivity contribution in [3.05, 3.63) is 58.7 Å². The van der Waals surface area contributed by atoms with Gasteiger partial charge in [0.25, 0.3) is 0 Å². The lowest BCUT2D eigenvalue weighted by molar-refractivity contribution is -0.119. The summed E-state index contributed by atoms with van der Waals surface area (Å²) in [5.41, 5.74) is 12.0. The Hall–Kier alpha value is -3.42. The molecular weight excluding hydrogens is 336 g/mol. The van der Waals surface area contributed by atoms with Gasteiger partial charge in [0, 0.05) is 36.4 Å². The number of carbonyl (C=O) groups excluding carboxylic acids is 4. The van der Waals surface area contributed by atoms with Crippen LogP contribution in [0.1, 0.15) is 25.0 Å². The van der Waals surface area contributed by atoms with Gasteiger partial charge < -0.3 is 22.1 Å². The molecule has 0 spiro atoms. The van der Waals surface area contributed by atoms with Crippen molar-refractivity contribution in [1.82, 2.24) is 10.6 Å². The Morgan fingerprint density at radius 1 is 0.808 bits per heavy atom. The molecule has 0 aliphatic heterocycles. The summed E-state index contributed by atoms with van der Waals surface area (Å²) >= 11 is 0. The Labute approximate surface area is 151 Å². The van der Waals surface area contributed by atoms with Gasteiger partial charge >= 0.3 is 0 Å². The fourth-order valence-corrected chi connectivity index (χ4v) is 2.09. The Morgan fingerprint density at radius 2 is 1.15 bits per heavy atom. The van der Waals surface area contributed by atoms with E-state index in [0.717, 1.165) is 23.3 Å². The van der Waals surface area contributed by atoms with Crippen molar-refractivity contribution in [2.75, 3.05) is 0 Å². The molecule has 8 nitrogen and oxygen atoms in total. The molecule has 0 saturated carbocycles. The van der Waals surface area contributed by atoms with Crippen molar-refractivity contribution < 1.29 is 19.2 Å². The number of amides is 4. The lowest BCUT2D eigenvalue weighted by Gasteiger charge is -2.12. The molecule has 0 aliphatic carbocycles. The van der Waals surface area contributed by atoms with Crippen LogP contribution in [-0.2, 0) is 32.3 Å². The zero-order chi connectivity index (χ0) is 19.7. The predicted octanol–water partition coefficient (Wildman–Crippen LogP) is -0.218. The van der Waals surface area contributed by atoms with E-state index in [1.165, 1.54) is 13.8 Å². The Kier molecular flexibility index (Phi) is 7.75. The van der Waals surface area contributed by atoms with Gasteiger partial charge in [-0.05, 0) is 25.0 Å². The van der Waals surface area contributed by atoms with Gasteiger partial charge in [-0.15, -0.1) is 0 Å². The lowest BCUT2D eigenvalue weighted by atomic mass is 10.1. The molecule has 8 heteroatoms. The summed E-state index contributed by atoms with van der Waals surface area (Å²) in [6.07, 6.45) is 2.10. The fourth-order valence-electron chi connectivity index (χ4n) is 2.09. The van der Waals surface area contributed by atoms with E-state index in [1.54, 1.807) is 24.3 Å². The third-order valence-corrected chi connectivity index (χ3v) is 3.43. The molecule has 26 heavy (non-hydrogen) atoms. The number of benzene rings is 1. The number of nitrogens with one attached hydrogen (secondary N) is 2. The molecule has 0 saturated heterocycles. The van der Waals surface area contributed by atoms with Gasteiger partial charge in [0.05, 0.1) is 0 Å². The van der Waals surface area contributed by atoms with E-state index in [4.69, 9.17) is 11.5 Å². The van der Waals surface area contributed by atoms with Gasteiger partial charge in [0.2, 0.25) is 23.6 Å². The Balaban J connectivity index is 2.74. The number of hydrogen-bond acceptors (Lipinski definition) is 4. The smallest absolute Gasteiger partial charge is 0.247 e. The molecule has 1 aromatic carbocycles. The highest BCUT2D eigenvalue weighted by molar-refractivity contribution is 6.00. The van der Waals surface area contributed by atoms with Gasteiger partial charge in [-0.3, -0.25) is 19.2 Å². The normalized spacial score (nSPS) is 11.6. The molecule has 1 aromatic rings.